The molecule has 1 fully saturated rings. The number of β-amino-alcohol motifs (C(OH)–C–C–N with tert-alkyl or cyclic N) is 1. The average molecular weight is 260 g/mol. The Morgan fingerprint density at radius 1 is 1.22 bits per heavy atom. The SMILES string of the molecule is CC1(O)CCN(C(=O)N(CC(=O)O)CC(=O)O)C1. The summed E-state index contributed by atoms with van der Waals surface area (Å²) in [6.07, 6.45) is 0.382. The van der Waals surface area contributed by atoms with Gasteiger partial charge in [0.25, 0.3) is 0 Å². The minimum atomic E-state index is -1.28. The van der Waals surface area contributed by atoms with E-state index in [4.69, 9.17) is 10.2 Å². The molecule has 1 aliphatic heterocycles. The summed E-state index contributed by atoms with van der Waals surface area (Å²) < 4.78 is 0. The number of rotatable bonds is 4. The minimum absolute atomic E-state index is 0.0710. The van der Waals surface area contributed by atoms with Gasteiger partial charge in [-0.15, -0.1) is 0 Å². The predicted octanol–water partition coefficient (Wildman–Crippen LogP) is -0.966. The lowest BCUT2D eigenvalue weighted by molar-refractivity contribution is -0.140. The van der Waals surface area contributed by atoms with Crippen LogP contribution in [0.3, 0.4) is 0 Å². The van der Waals surface area contributed by atoms with Crippen LogP contribution in [0, 0.1) is 0 Å². The molecule has 8 nitrogen and oxygen atoms in total. The van der Waals surface area contributed by atoms with Crippen molar-refractivity contribution in [1.29, 1.82) is 0 Å². The number of nitrogens with zero attached hydrogens (tertiary/aromatic N) is 2. The van der Waals surface area contributed by atoms with Gasteiger partial charge in [-0.2, -0.15) is 0 Å². The molecule has 0 aromatic rings. The monoisotopic (exact) mass is 260 g/mol. The third-order valence-electron chi connectivity index (χ3n) is 2.65. The smallest absolute Gasteiger partial charge is 0.323 e. The van der Waals surface area contributed by atoms with Gasteiger partial charge in [-0.3, -0.25) is 9.59 Å². The van der Waals surface area contributed by atoms with Crippen LogP contribution in [0.25, 0.3) is 0 Å². The molecule has 1 unspecified atom stereocenters. The molecule has 0 spiro atoms. The molecule has 0 aromatic heterocycles. The summed E-state index contributed by atoms with van der Waals surface area (Å²) >= 11 is 0. The van der Waals surface area contributed by atoms with E-state index in [2.05, 4.69) is 0 Å². The zero-order valence-corrected chi connectivity index (χ0v) is 10.00. The maximum absolute atomic E-state index is 11.9. The van der Waals surface area contributed by atoms with Crippen LogP contribution in [0.4, 0.5) is 4.79 Å². The van der Waals surface area contributed by atoms with E-state index >= 15 is 0 Å². The van der Waals surface area contributed by atoms with Gasteiger partial charge >= 0.3 is 18.0 Å². The number of carboxylic acids is 2. The van der Waals surface area contributed by atoms with Crippen LogP contribution < -0.4 is 0 Å². The lowest BCUT2D eigenvalue weighted by Gasteiger charge is -2.26. The number of urea groups is 1. The Bertz CT molecular complexity index is 351. The molecule has 1 saturated heterocycles. The fourth-order valence-electron chi connectivity index (χ4n) is 1.83. The van der Waals surface area contributed by atoms with E-state index in [9.17, 15) is 19.5 Å². The minimum Gasteiger partial charge on any atom is -0.480 e. The molecule has 0 aromatic carbocycles. The number of carboxylic acid groups (broad SMARTS) is 2. The molecule has 1 heterocycles. The molecule has 0 aliphatic carbocycles. The van der Waals surface area contributed by atoms with Gasteiger partial charge in [0.2, 0.25) is 0 Å². The molecule has 2 amide bonds. The Morgan fingerprint density at radius 2 is 1.72 bits per heavy atom. The van der Waals surface area contributed by atoms with Crippen molar-refractivity contribution >= 4 is 18.0 Å². The lowest BCUT2D eigenvalue weighted by atomic mass is 10.1. The second-order valence-electron chi connectivity index (χ2n) is 4.59. The molecule has 3 N–H and O–H groups in total. The van der Waals surface area contributed by atoms with Crippen molar-refractivity contribution < 1.29 is 29.7 Å². The number of hydrogen-bond donors (Lipinski definition) is 3. The van der Waals surface area contributed by atoms with Gasteiger partial charge in [0.05, 0.1) is 12.1 Å². The summed E-state index contributed by atoms with van der Waals surface area (Å²) in [6.45, 7) is 0.565. The van der Waals surface area contributed by atoms with Gasteiger partial charge in [0.15, 0.2) is 0 Å². The van der Waals surface area contributed by atoms with Gasteiger partial charge in [0.1, 0.15) is 13.1 Å². The van der Waals surface area contributed by atoms with E-state index in [0.29, 0.717) is 6.42 Å². The molecule has 18 heavy (non-hydrogen) atoms. The summed E-state index contributed by atoms with van der Waals surface area (Å²) in [7, 11) is 0. The normalized spacial score (nSPS) is 22.9. The molecule has 0 radical (unpaired) electrons. The van der Waals surface area contributed by atoms with Crippen LogP contribution in [0.2, 0.25) is 0 Å². The van der Waals surface area contributed by atoms with E-state index in [1.807, 2.05) is 0 Å². The lowest BCUT2D eigenvalue weighted by Crippen LogP contribution is -2.47. The van der Waals surface area contributed by atoms with Crippen molar-refractivity contribution in [3.05, 3.63) is 0 Å². The van der Waals surface area contributed by atoms with Gasteiger partial charge in [-0.25, -0.2) is 4.79 Å². The highest BCUT2D eigenvalue weighted by Crippen LogP contribution is 2.21. The highest BCUT2D eigenvalue weighted by molar-refractivity contribution is 5.84. The first-order valence-corrected chi connectivity index (χ1v) is 5.41. The highest BCUT2D eigenvalue weighted by atomic mass is 16.4. The van der Waals surface area contributed by atoms with Gasteiger partial charge < -0.3 is 25.1 Å². The highest BCUT2D eigenvalue weighted by Gasteiger charge is 2.36. The number of aliphatic hydroxyl groups is 1. The molecular weight excluding hydrogens is 244 g/mol. The van der Waals surface area contributed by atoms with Crippen molar-refractivity contribution in [2.75, 3.05) is 26.2 Å². The van der Waals surface area contributed by atoms with Crippen LogP contribution in [0.15, 0.2) is 0 Å². The standard InChI is InChI=1S/C10H16N2O6/c1-10(18)2-3-11(6-10)9(17)12(4-7(13)14)5-8(15)16/h18H,2-6H2,1H3,(H,13,14)(H,15,16). The molecule has 0 saturated carbocycles. The Balaban J connectivity index is 2.70. The summed E-state index contributed by atoms with van der Waals surface area (Å²) in [5.41, 5.74) is -1.01. The largest absolute Gasteiger partial charge is 0.480 e. The summed E-state index contributed by atoms with van der Waals surface area (Å²) in [5.74, 6) is -2.56. The first-order chi connectivity index (χ1) is 8.21. The third kappa shape index (κ3) is 3.88. The molecule has 1 atom stereocenters. The van der Waals surface area contributed by atoms with E-state index in [-0.39, 0.29) is 13.1 Å². The molecule has 1 rings (SSSR count). The number of amides is 2. The molecular formula is C10H16N2O6. The van der Waals surface area contributed by atoms with Gasteiger partial charge in [-0.1, -0.05) is 0 Å². The maximum atomic E-state index is 11.9. The fourth-order valence-corrected chi connectivity index (χ4v) is 1.83. The van der Waals surface area contributed by atoms with Crippen LogP contribution >= 0.6 is 0 Å². The number of likely N-dealkylation sites (tertiary alicyclic amines) is 1. The fraction of sp³-hybridized carbons (Fsp3) is 0.700. The Kier molecular flexibility index (Phi) is 4.12. The summed E-state index contributed by atoms with van der Waals surface area (Å²) in [5, 5.41) is 27.0. The van der Waals surface area contributed by atoms with Crippen molar-refractivity contribution in [3.63, 3.8) is 0 Å². The van der Waals surface area contributed by atoms with Crippen molar-refractivity contribution in [2.45, 2.75) is 18.9 Å². The second kappa shape index (κ2) is 5.21. The topological polar surface area (TPSA) is 118 Å². The number of hydrogen-bond acceptors (Lipinski definition) is 4. The first kappa shape index (κ1) is 14.2. The Labute approximate surface area is 103 Å². The zero-order valence-electron chi connectivity index (χ0n) is 10.00. The molecule has 1 aliphatic rings. The van der Waals surface area contributed by atoms with Crippen LogP contribution in [-0.4, -0.2) is 74.9 Å². The second-order valence-corrected chi connectivity index (χ2v) is 4.59. The van der Waals surface area contributed by atoms with Crippen LogP contribution in [0.5, 0.6) is 0 Å². The zero-order chi connectivity index (χ0) is 13.9. The quantitative estimate of drug-likeness (QED) is 0.598. The van der Waals surface area contributed by atoms with E-state index in [1.54, 1.807) is 6.92 Å². The van der Waals surface area contributed by atoms with Crippen molar-refractivity contribution in [3.8, 4) is 0 Å². The molecule has 0 bridgehead atoms. The van der Waals surface area contributed by atoms with Gasteiger partial charge in [-0.05, 0) is 13.3 Å². The van der Waals surface area contributed by atoms with E-state index in [0.717, 1.165) is 4.90 Å². The van der Waals surface area contributed by atoms with Crippen molar-refractivity contribution in [2.24, 2.45) is 0 Å². The summed E-state index contributed by atoms with van der Waals surface area (Å²) in [4.78, 5) is 35.1. The van der Waals surface area contributed by atoms with Crippen LogP contribution in [-0.2, 0) is 9.59 Å². The molecule has 8 heteroatoms. The Hall–Kier alpha value is -1.83. The first-order valence-electron chi connectivity index (χ1n) is 5.41. The summed E-state index contributed by atoms with van der Waals surface area (Å²) in [6, 6.07) is -0.683. The number of aliphatic carboxylic acids is 2. The Morgan fingerprint density at radius 3 is 2.06 bits per heavy atom. The third-order valence-corrected chi connectivity index (χ3v) is 2.65. The molecule has 102 valence electrons. The van der Waals surface area contributed by atoms with Crippen LogP contribution in [0.1, 0.15) is 13.3 Å². The number of carbonyl (C=O) groups excluding carboxylic acids is 1. The maximum Gasteiger partial charge on any atom is 0.323 e. The average Bonchev–Trinajstić information content (AvgIpc) is 2.55. The van der Waals surface area contributed by atoms with Crippen molar-refractivity contribution in [1.82, 2.24) is 9.80 Å². The predicted molar refractivity (Wildman–Crippen MR) is 59.1 cm³/mol. The van der Waals surface area contributed by atoms with Gasteiger partial charge in [0, 0.05) is 6.54 Å². The van der Waals surface area contributed by atoms with E-state index < -0.39 is 36.7 Å². The number of carbonyl (C=O) groups is 3. The van der Waals surface area contributed by atoms with E-state index in [1.165, 1.54) is 4.90 Å².